The van der Waals surface area contributed by atoms with Crippen LogP contribution in [0, 0.1) is 0 Å². The van der Waals surface area contributed by atoms with Crippen molar-refractivity contribution < 1.29 is 14.3 Å². The van der Waals surface area contributed by atoms with Crippen molar-refractivity contribution in [3.63, 3.8) is 0 Å². The second-order valence-electron chi connectivity index (χ2n) is 6.43. The quantitative estimate of drug-likeness (QED) is 0.815. The largest absolute Gasteiger partial charge is 0.493 e. The molecule has 1 amide bonds. The summed E-state index contributed by atoms with van der Waals surface area (Å²) in [7, 11) is 3.31. The van der Waals surface area contributed by atoms with E-state index in [0.29, 0.717) is 5.75 Å². The summed E-state index contributed by atoms with van der Waals surface area (Å²) in [6.07, 6.45) is 3.72. The van der Waals surface area contributed by atoms with Gasteiger partial charge >= 0.3 is 0 Å². The van der Waals surface area contributed by atoms with Gasteiger partial charge in [0.15, 0.2) is 11.5 Å². The zero-order valence-electron chi connectivity index (χ0n) is 14.0. The summed E-state index contributed by atoms with van der Waals surface area (Å²) in [5.74, 6) is 1.46. The predicted octanol–water partition coefficient (Wildman–Crippen LogP) is 2.91. The number of nitrogens with zero attached hydrogens (tertiary/aromatic N) is 1. The summed E-state index contributed by atoms with van der Waals surface area (Å²) < 4.78 is 11.0. The molecule has 0 saturated heterocycles. The van der Waals surface area contributed by atoms with E-state index < -0.39 is 0 Å². The van der Waals surface area contributed by atoms with Crippen molar-refractivity contribution in [1.29, 1.82) is 0 Å². The molecule has 1 unspecified atom stereocenters. The lowest BCUT2D eigenvalue weighted by Gasteiger charge is -2.45. The molecule has 1 aliphatic carbocycles. The van der Waals surface area contributed by atoms with Gasteiger partial charge in [-0.3, -0.25) is 4.79 Å². The summed E-state index contributed by atoms with van der Waals surface area (Å²) in [6.45, 7) is 0.723. The molecule has 1 spiro atoms. The Labute approximate surface area is 142 Å². The minimum atomic E-state index is -0.383. The maximum atomic E-state index is 11.9. The zero-order chi connectivity index (χ0) is 16.7. The van der Waals surface area contributed by atoms with E-state index in [9.17, 15) is 4.79 Å². The normalized spacial score (nSPS) is 21.3. The Hall–Kier alpha value is -2.49. The molecule has 0 bridgehead atoms. The number of rotatable bonds is 3. The van der Waals surface area contributed by atoms with E-state index in [2.05, 4.69) is 36.4 Å². The Morgan fingerprint density at radius 1 is 1.00 bits per heavy atom. The Morgan fingerprint density at radius 2 is 1.75 bits per heavy atom. The molecule has 2 aromatic carbocycles. The molecule has 0 saturated carbocycles. The van der Waals surface area contributed by atoms with Crippen LogP contribution in [0.25, 0.3) is 0 Å². The van der Waals surface area contributed by atoms with E-state index in [1.807, 2.05) is 4.90 Å². The van der Waals surface area contributed by atoms with Crippen molar-refractivity contribution >= 4 is 6.41 Å². The Morgan fingerprint density at radius 3 is 2.50 bits per heavy atom. The number of carbonyl (C=O) groups excluding carboxylic acids is 1. The van der Waals surface area contributed by atoms with Gasteiger partial charge in [0.25, 0.3) is 0 Å². The van der Waals surface area contributed by atoms with Gasteiger partial charge in [-0.15, -0.1) is 0 Å². The molecule has 1 atom stereocenters. The fourth-order valence-electron chi connectivity index (χ4n) is 4.41. The number of methoxy groups -OCH3 is 2. The van der Waals surface area contributed by atoms with Gasteiger partial charge in [0.1, 0.15) is 0 Å². The highest BCUT2D eigenvalue weighted by Crippen LogP contribution is 2.51. The van der Waals surface area contributed by atoms with Gasteiger partial charge < -0.3 is 14.4 Å². The Kier molecular flexibility index (Phi) is 3.48. The molecule has 1 heterocycles. The Bertz CT molecular complexity index is 801. The first-order valence-electron chi connectivity index (χ1n) is 8.30. The van der Waals surface area contributed by atoms with Crippen molar-refractivity contribution in [2.75, 3.05) is 20.8 Å². The molecule has 1 aliphatic heterocycles. The van der Waals surface area contributed by atoms with Crippen LogP contribution in [0.2, 0.25) is 0 Å². The van der Waals surface area contributed by atoms with Gasteiger partial charge in [-0.2, -0.15) is 0 Å². The van der Waals surface area contributed by atoms with Crippen LogP contribution in [-0.4, -0.2) is 32.1 Å². The van der Waals surface area contributed by atoms with Crippen LogP contribution in [0.15, 0.2) is 36.4 Å². The van der Waals surface area contributed by atoms with E-state index in [0.717, 1.165) is 38.0 Å². The lowest BCUT2D eigenvalue weighted by atomic mass is 9.76. The van der Waals surface area contributed by atoms with Crippen LogP contribution in [-0.2, 0) is 23.2 Å². The predicted molar refractivity (Wildman–Crippen MR) is 91.6 cm³/mol. The number of aryl methyl sites for hydroxylation is 1. The number of carbonyl (C=O) groups is 1. The van der Waals surface area contributed by atoms with Crippen molar-refractivity contribution in [3.05, 3.63) is 58.7 Å². The molecule has 24 heavy (non-hydrogen) atoms. The minimum absolute atomic E-state index is 0.383. The van der Waals surface area contributed by atoms with Gasteiger partial charge in [0.05, 0.1) is 19.8 Å². The van der Waals surface area contributed by atoms with Crippen LogP contribution in [0.3, 0.4) is 0 Å². The average Bonchev–Trinajstić information content (AvgIpc) is 3.01. The number of ether oxygens (including phenoxy) is 2. The number of hydrogen-bond donors (Lipinski definition) is 0. The number of amides is 1. The maximum Gasteiger partial charge on any atom is 0.210 e. The first-order valence-corrected chi connectivity index (χ1v) is 8.30. The molecule has 2 aromatic rings. The monoisotopic (exact) mass is 323 g/mol. The highest BCUT2D eigenvalue weighted by atomic mass is 16.5. The number of fused-ring (bicyclic) bond motifs is 4. The maximum absolute atomic E-state index is 11.9. The summed E-state index contributed by atoms with van der Waals surface area (Å²) in [6, 6.07) is 12.6. The van der Waals surface area contributed by atoms with Gasteiger partial charge in [-0.1, -0.05) is 24.3 Å². The topological polar surface area (TPSA) is 38.8 Å². The molecule has 2 aliphatic rings. The summed E-state index contributed by atoms with van der Waals surface area (Å²) in [5, 5.41) is 0. The molecule has 0 aromatic heterocycles. The summed E-state index contributed by atoms with van der Waals surface area (Å²) >= 11 is 0. The third-order valence-electron chi connectivity index (χ3n) is 5.51. The zero-order valence-corrected chi connectivity index (χ0v) is 14.0. The van der Waals surface area contributed by atoms with E-state index in [1.165, 1.54) is 22.3 Å². The molecule has 4 nitrogen and oxygen atoms in total. The van der Waals surface area contributed by atoms with E-state index >= 15 is 0 Å². The SMILES string of the molecule is COc1cc2c(cc1OC)C1(CCc3ccccc31)N(C=O)CC2. The van der Waals surface area contributed by atoms with Gasteiger partial charge in [0.2, 0.25) is 6.41 Å². The van der Waals surface area contributed by atoms with Crippen molar-refractivity contribution in [3.8, 4) is 11.5 Å². The lowest BCUT2D eigenvalue weighted by Crippen LogP contribution is -2.49. The molecule has 4 rings (SSSR count). The van der Waals surface area contributed by atoms with Crippen LogP contribution in [0.5, 0.6) is 11.5 Å². The molecule has 0 N–H and O–H groups in total. The first-order chi connectivity index (χ1) is 11.7. The molecule has 124 valence electrons. The number of benzene rings is 2. The molecule has 0 fully saturated rings. The number of hydrogen-bond acceptors (Lipinski definition) is 3. The van der Waals surface area contributed by atoms with Crippen LogP contribution in [0.4, 0.5) is 0 Å². The second-order valence-corrected chi connectivity index (χ2v) is 6.43. The summed E-state index contributed by atoms with van der Waals surface area (Å²) in [4.78, 5) is 13.9. The van der Waals surface area contributed by atoms with Crippen LogP contribution < -0.4 is 9.47 Å². The smallest absolute Gasteiger partial charge is 0.210 e. The van der Waals surface area contributed by atoms with Crippen molar-refractivity contribution in [2.45, 2.75) is 24.8 Å². The van der Waals surface area contributed by atoms with Crippen LogP contribution in [0.1, 0.15) is 28.7 Å². The average molecular weight is 323 g/mol. The van der Waals surface area contributed by atoms with Crippen molar-refractivity contribution in [2.24, 2.45) is 0 Å². The van der Waals surface area contributed by atoms with E-state index in [1.54, 1.807) is 14.2 Å². The minimum Gasteiger partial charge on any atom is -0.493 e. The van der Waals surface area contributed by atoms with Gasteiger partial charge in [0, 0.05) is 6.54 Å². The highest BCUT2D eigenvalue weighted by Gasteiger charge is 2.48. The van der Waals surface area contributed by atoms with E-state index in [4.69, 9.17) is 9.47 Å². The third kappa shape index (κ3) is 1.89. The fourth-order valence-corrected chi connectivity index (χ4v) is 4.41. The second kappa shape index (κ2) is 5.55. The Balaban J connectivity index is 1.99. The van der Waals surface area contributed by atoms with E-state index in [-0.39, 0.29) is 5.54 Å². The first kappa shape index (κ1) is 15.1. The molecule has 4 heteroatoms. The van der Waals surface area contributed by atoms with Gasteiger partial charge in [-0.05, 0) is 53.6 Å². The van der Waals surface area contributed by atoms with Crippen LogP contribution >= 0.6 is 0 Å². The molecule has 0 radical (unpaired) electrons. The molecular formula is C20H21NO3. The molecular weight excluding hydrogens is 302 g/mol. The fraction of sp³-hybridized carbons (Fsp3) is 0.350. The third-order valence-corrected chi connectivity index (χ3v) is 5.51. The standard InChI is InChI=1S/C20H21NO3/c1-23-18-11-15-8-10-21(13-22)20(17(15)12-19(18)24-2)9-7-14-5-3-4-6-16(14)20/h3-6,11-13H,7-10H2,1-2H3. The van der Waals surface area contributed by atoms with Gasteiger partial charge in [-0.25, -0.2) is 0 Å². The lowest BCUT2D eigenvalue weighted by molar-refractivity contribution is -0.123. The highest BCUT2D eigenvalue weighted by molar-refractivity contribution is 5.63. The summed E-state index contributed by atoms with van der Waals surface area (Å²) in [5.41, 5.74) is 4.59. The van der Waals surface area contributed by atoms with Crippen molar-refractivity contribution in [1.82, 2.24) is 4.90 Å².